The van der Waals surface area contributed by atoms with Crippen LogP contribution in [0.1, 0.15) is 380 Å². The number of unbranched alkanes of at least 4 members (excludes halogenated alkanes) is 45. The molecule has 0 spiro atoms. The van der Waals surface area contributed by atoms with Crippen molar-refractivity contribution in [3.63, 3.8) is 0 Å². The summed E-state index contributed by atoms with van der Waals surface area (Å²) in [5.41, 5.74) is 0. The maximum Gasteiger partial charge on any atom is 0.306 e. The molecule has 0 fully saturated rings. The Labute approximate surface area is 504 Å². The van der Waals surface area contributed by atoms with E-state index < -0.39 is 6.10 Å². The van der Waals surface area contributed by atoms with Crippen LogP contribution in [0.2, 0.25) is 0 Å². The average Bonchev–Trinajstić information content (AvgIpc) is 3.47. The molecule has 0 aliphatic rings. The summed E-state index contributed by atoms with van der Waals surface area (Å²) in [5.74, 6) is -0.872. The summed E-state index contributed by atoms with van der Waals surface area (Å²) in [4.78, 5) is 38.4. The van der Waals surface area contributed by atoms with Gasteiger partial charge < -0.3 is 14.2 Å². The van der Waals surface area contributed by atoms with E-state index in [9.17, 15) is 14.4 Å². The molecule has 0 aromatic heterocycles. The molecule has 0 heterocycles. The van der Waals surface area contributed by atoms with Gasteiger partial charge in [0.2, 0.25) is 0 Å². The molecule has 0 rings (SSSR count). The smallest absolute Gasteiger partial charge is 0.306 e. The Morgan fingerprint density at radius 3 is 0.704 bits per heavy atom. The van der Waals surface area contributed by atoms with Crippen LogP contribution in [0, 0.1) is 0 Å². The predicted octanol–water partition coefficient (Wildman–Crippen LogP) is 24.7. The van der Waals surface area contributed by atoms with Gasteiger partial charge in [-0.05, 0) is 109 Å². The van der Waals surface area contributed by atoms with E-state index in [2.05, 4.69) is 81.5 Å². The van der Waals surface area contributed by atoms with Gasteiger partial charge in [-0.25, -0.2) is 0 Å². The Kier molecular flexibility index (Phi) is 67.1. The predicted molar refractivity (Wildman–Crippen MR) is 353 cm³/mol. The van der Waals surface area contributed by atoms with Gasteiger partial charge >= 0.3 is 17.9 Å². The van der Waals surface area contributed by atoms with E-state index in [0.29, 0.717) is 19.3 Å². The summed E-state index contributed by atoms with van der Waals surface area (Å²) in [5, 5.41) is 0. The number of carbonyl (C=O) groups is 3. The molecular formula is C75H136O6. The zero-order valence-electron chi connectivity index (χ0n) is 54.3. The highest BCUT2D eigenvalue weighted by Gasteiger charge is 2.19. The van der Waals surface area contributed by atoms with Crippen molar-refractivity contribution in [1.82, 2.24) is 0 Å². The molecule has 0 aromatic carbocycles. The zero-order valence-corrected chi connectivity index (χ0v) is 54.3. The van der Waals surface area contributed by atoms with Crippen LogP contribution in [0.4, 0.5) is 0 Å². The lowest BCUT2D eigenvalue weighted by Gasteiger charge is -2.18. The number of hydrogen-bond donors (Lipinski definition) is 0. The van der Waals surface area contributed by atoms with Crippen LogP contribution in [-0.2, 0) is 28.6 Å². The van der Waals surface area contributed by atoms with Crippen LogP contribution in [0.25, 0.3) is 0 Å². The zero-order chi connectivity index (χ0) is 58.5. The lowest BCUT2D eigenvalue weighted by Crippen LogP contribution is -2.30. The Morgan fingerprint density at radius 2 is 0.444 bits per heavy atom. The number of rotatable bonds is 66. The van der Waals surface area contributed by atoms with Crippen LogP contribution in [0.5, 0.6) is 0 Å². The van der Waals surface area contributed by atoms with E-state index in [1.54, 1.807) is 0 Å². The van der Waals surface area contributed by atoms with Gasteiger partial charge in [-0.2, -0.15) is 0 Å². The molecule has 0 aliphatic heterocycles. The van der Waals surface area contributed by atoms with E-state index >= 15 is 0 Å². The molecule has 1 atom stereocenters. The molecule has 0 amide bonds. The SMILES string of the molecule is CCCCCCC/C=C\C/C=C\C/C=C\CCCCCCCCCCCCCCCCCCCCC(=O)OCC(COC(=O)CCCCCCC/C=C\CCCCCCC)OC(=O)CCCCCCC/C=C\CCCCCCCCC. The van der Waals surface area contributed by atoms with Gasteiger partial charge in [0.1, 0.15) is 13.2 Å². The minimum atomic E-state index is -0.781. The lowest BCUT2D eigenvalue weighted by atomic mass is 10.0. The van der Waals surface area contributed by atoms with Crippen molar-refractivity contribution in [1.29, 1.82) is 0 Å². The molecule has 6 heteroatoms. The van der Waals surface area contributed by atoms with Crippen LogP contribution < -0.4 is 0 Å². The molecule has 0 radical (unpaired) electrons. The summed E-state index contributed by atoms with van der Waals surface area (Å²) < 4.78 is 17.0. The van der Waals surface area contributed by atoms with Crippen LogP contribution in [-0.4, -0.2) is 37.2 Å². The first-order valence-electron chi connectivity index (χ1n) is 35.8. The van der Waals surface area contributed by atoms with Crippen molar-refractivity contribution in [2.45, 2.75) is 386 Å². The van der Waals surface area contributed by atoms with Gasteiger partial charge in [0, 0.05) is 19.3 Å². The van der Waals surface area contributed by atoms with E-state index in [4.69, 9.17) is 14.2 Å². The van der Waals surface area contributed by atoms with Crippen molar-refractivity contribution < 1.29 is 28.6 Å². The summed E-state index contributed by atoms with van der Waals surface area (Å²) in [6.45, 7) is 6.65. The normalized spacial score (nSPS) is 12.4. The van der Waals surface area contributed by atoms with Gasteiger partial charge in [-0.15, -0.1) is 0 Å². The van der Waals surface area contributed by atoms with Gasteiger partial charge in [0.25, 0.3) is 0 Å². The van der Waals surface area contributed by atoms with E-state index in [1.807, 2.05) is 0 Å². The molecule has 0 aliphatic carbocycles. The standard InChI is InChI=1S/C75H136O6/c1-4-7-10-13-16-19-22-25-28-30-31-32-33-34-35-36-37-38-39-40-41-42-43-44-45-46-48-50-53-56-59-62-65-68-74(77)80-71-72(70-79-73(76)67-64-61-58-55-52-49-27-24-21-18-15-12-9-6-3)81-75(78)69-66-63-60-57-54-51-47-29-26-23-20-17-14-11-8-5-2/h22,24-25,27,29-31,33-34,47,72H,4-21,23,26,28,32,35-46,48-71H2,1-3H3/b25-22-,27-24-,31-30-,34-33-,47-29-. The molecule has 81 heavy (non-hydrogen) atoms. The highest BCUT2D eigenvalue weighted by molar-refractivity contribution is 5.71. The second kappa shape index (κ2) is 69.6. The molecule has 472 valence electrons. The summed E-state index contributed by atoms with van der Waals surface area (Å²) in [6, 6.07) is 0. The van der Waals surface area contributed by atoms with Crippen molar-refractivity contribution in [2.75, 3.05) is 13.2 Å². The third-order valence-electron chi connectivity index (χ3n) is 16.0. The van der Waals surface area contributed by atoms with E-state index in [0.717, 1.165) is 83.5 Å². The van der Waals surface area contributed by atoms with Crippen molar-refractivity contribution >= 4 is 17.9 Å². The number of ether oxygens (including phenoxy) is 3. The fourth-order valence-electron chi connectivity index (χ4n) is 10.6. The van der Waals surface area contributed by atoms with Crippen LogP contribution in [0.3, 0.4) is 0 Å². The van der Waals surface area contributed by atoms with Crippen molar-refractivity contribution in [3.8, 4) is 0 Å². The van der Waals surface area contributed by atoms with Gasteiger partial charge in [-0.3, -0.25) is 14.4 Å². The first kappa shape index (κ1) is 78.1. The highest BCUT2D eigenvalue weighted by atomic mass is 16.6. The van der Waals surface area contributed by atoms with E-state index in [-0.39, 0.29) is 31.1 Å². The highest BCUT2D eigenvalue weighted by Crippen LogP contribution is 2.18. The molecule has 0 saturated carbocycles. The fraction of sp³-hybridized carbons (Fsp3) is 0.827. The molecule has 0 N–H and O–H groups in total. The van der Waals surface area contributed by atoms with Gasteiger partial charge in [0.15, 0.2) is 6.10 Å². The lowest BCUT2D eigenvalue weighted by molar-refractivity contribution is -0.167. The monoisotopic (exact) mass is 1130 g/mol. The number of carbonyl (C=O) groups excluding carboxylic acids is 3. The molecule has 0 bridgehead atoms. The number of hydrogen-bond acceptors (Lipinski definition) is 6. The largest absolute Gasteiger partial charge is 0.462 e. The maximum absolute atomic E-state index is 12.9. The summed E-state index contributed by atoms with van der Waals surface area (Å²) in [7, 11) is 0. The Hall–Kier alpha value is -2.89. The molecular weight excluding hydrogens is 997 g/mol. The van der Waals surface area contributed by atoms with Crippen LogP contribution >= 0.6 is 0 Å². The Balaban J connectivity index is 4.15. The van der Waals surface area contributed by atoms with Crippen molar-refractivity contribution in [2.24, 2.45) is 0 Å². The second-order valence-corrected chi connectivity index (χ2v) is 24.1. The Morgan fingerprint density at radius 1 is 0.247 bits per heavy atom. The summed E-state index contributed by atoms with van der Waals surface area (Å²) in [6.07, 6.45) is 89.7. The minimum absolute atomic E-state index is 0.0762. The molecule has 0 saturated heterocycles. The fourth-order valence-corrected chi connectivity index (χ4v) is 10.6. The molecule has 6 nitrogen and oxygen atoms in total. The van der Waals surface area contributed by atoms with Crippen molar-refractivity contribution in [3.05, 3.63) is 60.8 Å². The van der Waals surface area contributed by atoms with Gasteiger partial charge in [-0.1, -0.05) is 313 Å². The molecule has 0 aromatic rings. The van der Waals surface area contributed by atoms with E-state index in [1.165, 1.54) is 257 Å². The summed E-state index contributed by atoms with van der Waals surface area (Å²) >= 11 is 0. The number of esters is 3. The number of allylic oxidation sites excluding steroid dienone is 10. The van der Waals surface area contributed by atoms with Gasteiger partial charge in [0.05, 0.1) is 0 Å². The Bertz CT molecular complexity index is 1440. The minimum Gasteiger partial charge on any atom is -0.462 e. The maximum atomic E-state index is 12.9. The topological polar surface area (TPSA) is 78.9 Å². The first-order chi connectivity index (χ1) is 40.0. The van der Waals surface area contributed by atoms with Crippen LogP contribution in [0.15, 0.2) is 60.8 Å². The average molecular weight is 1130 g/mol. The third-order valence-corrected chi connectivity index (χ3v) is 16.0. The second-order valence-electron chi connectivity index (χ2n) is 24.1. The first-order valence-corrected chi connectivity index (χ1v) is 35.8. The third kappa shape index (κ3) is 67.8. The quantitative estimate of drug-likeness (QED) is 0.0261. The molecule has 1 unspecified atom stereocenters.